The molecule has 2 aromatic carbocycles. The number of aryl methyl sites for hydroxylation is 1. The van der Waals surface area contributed by atoms with Crippen LogP contribution >= 0.6 is 0 Å². The number of fused-ring (bicyclic) bond motifs is 1. The number of nitro benzene ring substituents is 1. The Kier molecular flexibility index (Phi) is 4.79. The van der Waals surface area contributed by atoms with Crippen molar-refractivity contribution in [3.63, 3.8) is 0 Å². The number of nitro groups is 1. The SMILES string of the molecule is O=C(N[C@@H]1CCCc2ccccc21)c1ccc(N2CCCC2)c([N+](=O)[O-])c1. The van der Waals surface area contributed by atoms with Crippen LogP contribution in [0.4, 0.5) is 11.4 Å². The molecule has 0 spiro atoms. The zero-order valence-electron chi connectivity index (χ0n) is 15.2. The first-order valence-electron chi connectivity index (χ1n) is 9.55. The molecular formula is C21H23N3O3. The Bertz CT molecular complexity index is 875. The number of carbonyl (C=O) groups is 1. The van der Waals surface area contributed by atoms with Crippen molar-refractivity contribution in [1.29, 1.82) is 0 Å². The topological polar surface area (TPSA) is 75.5 Å². The second-order valence-corrected chi connectivity index (χ2v) is 7.27. The zero-order valence-corrected chi connectivity index (χ0v) is 15.2. The van der Waals surface area contributed by atoms with E-state index in [9.17, 15) is 14.9 Å². The molecule has 1 amide bonds. The molecule has 0 bridgehead atoms. The van der Waals surface area contributed by atoms with Gasteiger partial charge in [-0.1, -0.05) is 24.3 Å². The first-order chi connectivity index (χ1) is 13.1. The minimum absolute atomic E-state index is 0.00796. The van der Waals surface area contributed by atoms with Crippen molar-refractivity contribution in [3.05, 3.63) is 69.3 Å². The van der Waals surface area contributed by atoms with Crippen molar-refractivity contribution >= 4 is 17.3 Å². The summed E-state index contributed by atoms with van der Waals surface area (Å²) in [5.74, 6) is -0.257. The molecule has 140 valence electrons. The number of rotatable bonds is 4. The monoisotopic (exact) mass is 365 g/mol. The van der Waals surface area contributed by atoms with Gasteiger partial charge in [-0.25, -0.2) is 0 Å². The van der Waals surface area contributed by atoms with E-state index < -0.39 is 0 Å². The Morgan fingerprint density at radius 1 is 1.11 bits per heavy atom. The minimum Gasteiger partial charge on any atom is -0.366 e. The summed E-state index contributed by atoms with van der Waals surface area (Å²) in [7, 11) is 0. The number of benzene rings is 2. The molecule has 1 fully saturated rings. The van der Waals surface area contributed by atoms with Gasteiger partial charge in [-0.3, -0.25) is 14.9 Å². The highest BCUT2D eigenvalue weighted by Crippen LogP contribution is 2.33. The van der Waals surface area contributed by atoms with Crippen LogP contribution in [-0.4, -0.2) is 23.9 Å². The van der Waals surface area contributed by atoms with E-state index in [4.69, 9.17) is 0 Å². The molecular weight excluding hydrogens is 342 g/mol. The molecule has 6 nitrogen and oxygen atoms in total. The van der Waals surface area contributed by atoms with E-state index in [0.717, 1.165) is 50.8 Å². The first kappa shape index (κ1) is 17.5. The summed E-state index contributed by atoms with van der Waals surface area (Å²) >= 11 is 0. The largest absolute Gasteiger partial charge is 0.366 e. The maximum absolute atomic E-state index is 12.8. The van der Waals surface area contributed by atoms with Crippen LogP contribution in [0.2, 0.25) is 0 Å². The number of carbonyl (C=O) groups excluding carboxylic acids is 1. The van der Waals surface area contributed by atoms with Gasteiger partial charge in [0.05, 0.1) is 11.0 Å². The van der Waals surface area contributed by atoms with E-state index in [-0.39, 0.29) is 22.6 Å². The Morgan fingerprint density at radius 2 is 1.89 bits per heavy atom. The van der Waals surface area contributed by atoms with Gasteiger partial charge in [0.25, 0.3) is 11.6 Å². The van der Waals surface area contributed by atoms with Crippen LogP contribution in [0.5, 0.6) is 0 Å². The van der Waals surface area contributed by atoms with Gasteiger partial charge in [0.15, 0.2) is 0 Å². The van der Waals surface area contributed by atoms with Crippen LogP contribution in [0, 0.1) is 10.1 Å². The van der Waals surface area contributed by atoms with E-state index in [1.54, 1.807) is 12.1 Å². The minimum atomic E-state index is -0.389. The maximum Gasteiger partial charge on any atom is 0.293 e. The Hall–Kier alpha value is -2.89. The van der Waals surface area contributed by atoms with Gasteiger partial charge < -0.3 is 10.2 Å². The second-order valence-electron chi connectivity index (χ2n) is 7.27. The predicted molar refractivity (Wildman–Crippen MR) is 104 cm³/mol. The molecule has 1 saturated heterocycles. The van der Waals surface area contributed by atoms with Crippen molar-refractivity contribution in [3.8, 4) is 0 Å². The number of nitrogens with zero attached hydrogens (tertiary/aromatic N) is 2. The van der Waals surface area contributed by atoms with E-state index in [2.05, 4.69) is 17.4 Å². The molecule has 1 aliphatic carbocycles. The summed E-state index contributed by atoms with van der Waals surface area (Å²) in [6.07, 6.45) is 5.02. The molecule has 0 unspecified atom stereocenters. The van der Waals surface area contributed by atoms with Gasteiger partial charge in [-0.15, -0.1) is 0 Å². The molecule has 1 N–H and O–H groups in total. The fourth-order valence-corrected chi connectivity index (χ4v) is 4.18. The molecule has 1 heterocycles. The second kappa shape index (κ2) is 7.39. The standard InChI is InChI=1S/C21H23N3O3/c25-21(22-18-9-5-7-15-6-1-2-8-17(15)18)16-10-11-19(20(14-16)24(26)27)23-12-3-4-13-23/h1-2,6,8,10-11,14,18H,3-5,7,9,12-13H2,(H,22,25)/t18-/m1/s1. The van der Waals surface area contributed by atoms with Gasteiger partial charge in [0, 0.05) is 24.7 Å². The van der Waals surface area contributed by atoms with Crippen LogP contribution < -0.4 is 10.2 Å². The third-order valence-corrected chi connectivity index (χ3v) is 5.56. The van der Waals surface area contributed by atoms with Crippen LogP contribution in [0.3, 0.4) is 0 Å². The molecule has 4 rings (SSSR count). The fourth-order valence-electron chi connectivity index (χ4n) is 4.18. The lowest BCUT2D eigenvalue weighted by Crippen LogP contribution is -2.31. The van der Waals surface area contributed by atoms with Crippen molar-refractivity contribution in [2.24, 2.45) is 0 Å². The van der Waals surface area contributed by atoms with Crippen LogP contribution in [0.25, 0.3) is 0 Å². The number of amides is 1. The molecule has 0 saturated carbocycles. The molecule has 2 aromatic rings. The third-order valence-electron chi connectivity index (χ3n) is 5.56. The van der Waals surface area contributed by atoms with Gasteiger partial charge in [-0.05, 0) is 55.4 Å². The van der Waals surface area contributed by atoms with Gasteiger partial charge >= 0.3 is 0 Å². The van der Waals surface area contributed by atoms with Crippen LogP contribution in [0.1, 0.15) is 53.2 Å². The maximum atomic E-state index is 12.8. The number of nitrogens with one attached hydrogen (secondary N) is 1. The molecule has 1 aliphatic heterocycles. The number of hydrogen-bond acceptors (Lipinski definition) is 4. The summed E-state index contributed by atoms with van der Waals surface area (Å²) in [4.78, 5) is 26.0. The average Bonchev–Trinajstić information content (AvgIpc) is 3.22. The summed E-state index contributed by atoms with van der Waals surface area (Å²) in [6.45, 7) is 1.65. The molecule has 6 heteroatoms. The smallest absolute Gasteiger partial charge is 0.293 e. The quantitative estimate of drug-likeness (QED) is 0.656. The van der Waals surface area contributed by atoms with Crippen LogP contribution in [-0.2, 0) is 6.42 Å². The Morgan fingerprint density at radius 3 is 2.67 bits per heavy atom. The zero-order chi connectivity index (χ0) is 18.8. The summed E-state index contributed by atoms with van der Waals surface area (Å²) in [5.41, 5.74) is 3.38. The predicted octanol–water partition coefficient (Wildman–Crippen LogP) is 4.00. The molecule has 0 radical (unpaired) electrons. The van der Waals surface area contributed by atoms with E-state index >= 15 is 0 Å². The van der Waals surface area contributed by atoms with Crippen LogP contribution in [0.15, 0.2) is 42.5 Å². The first-order valence-corrected chi connectivity index (χ1v) is 9.55. The third kappa shape index (κ3) is 3.52. The van der Waals surface area contributed by atoms with Crippen molar-refractivity contribution in [2.75, 3.05) is 18.0 Å². The highest BCUT2D eigenvalue weighted by Gasteiger charge is 2.26. The van der Waals surface area contributed by atoms with E-state index in [1.807, 2.05) is 17.0 Å². The van der Waals surface area contributed by atoms with Gasteiger partial charge in [-0.2, -0.15) is 0 Å². The molecule has 1 atom stereocenters. The summed E-state index contributed by atoms with van der Waals surface area (Å²) < 4.78 is 0. The number of hydrogen-bond donors (Lipinski definition) is 1. The van der Waals surface area contributed by atoms with Crippen molar-refractivity contribution < 1.29 is 9.72 Å². The van der Waals surface area contributed by atoms with Crippen molar-refractivity contribution in [1.82, 2.24) is 5.32 Å². The fraction of sp³-hybridized carbons (Fsp3) is 0.381. The van der Waals surface area contributed by atoms with Gasteiger partial charge in [0.2, 0.25) is 0 Å². The van der Waals surface area contributed by atoms with E-state index in [1.165, 1.54) is 11.6 Å². The lowest BCUT2D eigenvalue weighted by Gasteiger charge is -2.26. The Balaban J connectivity index is 1.57. The molecule has 0 aromatic heterocycles. The summed E-state index contributed by atoms with van der Waals surface area (Å²) in [6, 6.07) is 12.9. The highest BCUT2D eigenvalue weighted by atomic mass is 16.6. The van der Waals surface area contributed by atoms with E-state index in [0.29, 0.717) is 11.3 Å². The average molecular weight is 365 g/mol. The normalized spacial score (nSPS) is 18.8. The lowest BCUT2D eigenvalue weighted by molar-refractivity contribution is -0.384. The highest BCUT2D eigenvalue weighted by molar-refractivity contribution is 5.96. The molecule has 2 aliphatic rings. The molecule has 27 heavy (non-hydrogen) atoms. The Labute approximate surface area is 158 Å². The van der Waals surface area contributed by atoms with Crippen molar-refractivity contribution in [2.45, 2.75) is 38.1 Å². The summed E-state index contributed by atoms with van der Waals surface area (Å²) in [5, 5.41) is 14.6. The number of anilines is 1. The lowest BCUT2D eigenvalue weighted by atomic mass is 9.87. The van der Waals surface area contributed by atoms with Gasteiger partial charge in [0.1, 0.15) is 5.69 Å².